The molecule has 2 radical (unpaired) electrons. The van der Waals surface area contributed by atoms with Gasteiger partial charge >= 0.3 is 152 Å². The topological polar surface area (TPSA) is 0 Å². The molecule has 0 aromatic carbocycles. The molecule has 0 fully saturated rings. The quantitative estimate of drug-likeness (QED) is 0.268. The Bertz CT molecular complexity index is 351. The third-order valence-corrected chi connectivity index (χ3v) is 13.2. The van der Waals surface area contributed by atoms with E-state index in [9.17, 15) is 0 Å². The number of rotatable bonds is 12. The third-order valence-electron chi connectivity index (χ3n) is 4.25. The molecule has 0 aliphatic heterocycles. The number of thioether (sulfide) groups is 1. The first-order chi connectivity index (χ1) is 10.2. The summed E-state index contributed by atoms with van der Waals surface area (Å²) in [6.45, 7) is 7.07. The van der Waals surface area contributed by atoms with Crippen molar-refractivity contribution in [3.63, 3.8) is 0 Å². The number of unbranched alkanes of at least 4 members (excludes halogenated alkanes) is 3. The van der Waals surface area contributed by atoms with E-state index in [1.165, 1.54) is 57.8 Å². The molecule has 1 aromatic heterocycles. The molecule has 0 amide bonds. The molecule has 0 atom stereocenters. The minimum absolute atomic E-state index is 0.498. The van der Waals surface area contributed by atoms with E-state index in [4.69, 9.17) is 0 Å². The van der Waals surface area contributed by atoms with E-state index >= 15 is 0 Å². The van der Waals surface area contributed by atoms with Gasteiger partial charge < -0.3 is 0 Å². The van der Waals surface area contributed by atoms with Crippen LogP contribution in [0, 0.1) is 0 Å². The van der Waals surface area contributed by atoms with Crippen LogP contribution >= 0.6 is 23.1 Å². The van der Waals surface area contributed by atoms with Gasteiger partial charge in [0.15, 0.2) is 0 Å². The summed E-state index contributed by atoms with van der Waals surface area (Å²) in [5, 5.41) is 2.33. The van der Waals surface area contributed by atoms with Crippen molar-refractivity contribution in [1.29, 1.82) is 0 Å². The second-order valence-electron chi connectivity index (χ2n) is 6.03. The maximum absolute atomic E-state index is 2.36. The molecule has 1 heterocycles. The summed E-state index contributed by atoms with van der Waals surface area (Å²) in [4.78, 5) is 1.60. The van der Waals surface area contributed by atoms with Crippen molar-refractivity contribution in [3.05, 3.63) is 11.4 Å². The molecule has 21 heavy (non-hydrogen) atoms. The number of hydrogen-bond donors (Lipinski definition) is 0. The summed E-state index contributed by atoms with van der Waals surface area (Å²) >= 11 is 3.53. The van der Waals surface area contributed by atoms with E-state index in [-0.39, 0.29) is 0 Å². The fourth-order valence-electron chi connectivity index (χ4n) is 2.90. The molecule has 0 saturated heterocycles. The molecule has 3 heteroatoms. The Hall–Kier alpha value is 0.849. The van der Waals surface area contributed by atoms with Gasteiger partial charge in [-0.1, -0.05) is 0 Å². The predicted molar refractivity (Wildman–Crippen MR) is 103 cm³/mol. The van der Waals surface area contributed by atoms with Crippen LogP contribution in [0.3, 0.4) is 0 Å². The molecule has 1 aromatic rings. The zero-order valence-electron chi connectivity index (χ0n) is 14.3. The van der Waals surface area contributed by atoms with Gasteiger partial charge in [0, 0.05) is 0 Å². The summed E-state index contributed by atoms with van der Waals surface area (Å²) in [7, 11) is 0. The summed E-state index contributed by atoms with van der Waals surface area (Å²) in [6.07, 6.45) is 15.1. The van der Waals surface area contributed by atoms with Crippen molar-refractivity contribution < 1.29 is 0 Å². The van der Waals surface area contributed by atoms with Gasteiger partial charge in [0.2, 0.25) is 0 Å². The summed E-state index contributed by atoms with van der Waals surface area (Å²) < 4.78 is 2.55. The standard InChI is InChI=1S/C13H27.C5H5S2.Sn/c1-4-7-10-13(11-8-5-2)12-9-6-3;1-6-5-2-3-7-4-5;/h4-12H2,1-3H3;2-3H,1H3;. The number of thiophene rings is 1. The van der Waals surface area contributed by atoms with Gasteiger partial charge in [0.25, 0.3) is 0 Å². The molecule has 1 rings (SSSR count). The summed E-state index contributed by atoms with van der Waals surface area (Å²) in [5.74, 6) is 0. The molecule has 0 aliphatic carbocycles. The fraction of sp³-hybridized carbons (Fsp3) is 0.778. The molecular formula is C18H32S2Sn. The van der Waals surface area contributed by atoms with Crippen LogP contribution in [0.2, 0.25) is 3.43 Å². The fourth-order valence-corrected chi connectivity index (χ4v) is 12.7. The second kappa shape index (κ2) is 11.4. The van der Waals surface area contributed by atoms with E-state index in [0.29, 0.717) is 0 Å². The van der Waals surface area contributed by atoms with Crippen molar-refractivity contribution >= 4 is 47.1 Å². The molecule has 0 bridgehead atoms. The van der Waals surface area contributed by atoms with Gasteiger partial charge in [-0.15, -0.1) is 0 Å². The Morgan fingerprint density at radius 3 is 1.95 bits per heavy atom. The Kier molecular flexibility index (Phi) is 10.8. The van der Waals surface area contributed by atoms with E-state index in [0.717, 1.165) is 3.43 Å². The summed E-state index contributed by atoms with van der Waals surface area (Å²) in [6, 6.07) is 2.36. The van der Waals surface area contributed by atoms with Gasteiger partial charge in [-0.2, -0.15) is 0 Å². The monoisotopic (exact) mass is 432 g/mol. The van der Waals surface area contributed by atoms with Gasteiger partial charge in [0.1, 0.15) is 0 Å². The zero-order valence-corrected chi connectivity index (χ0v) is 18.8. The van der Waals surface area contributed by atoms with Crippen LogP contribution in [0.1, 0.15) is 78.6 Å². The van der Waals surface area contributed by atoms with E-state index in [1.807, 2.05) is 14.7 Å². The van der Waals surface area contributed by atoms with E-state index < -0.39 is 21.1 Å². The van der Waals surface area contributed by atoms with Crippen LogP contribution in [0.25, 0.3) is 0 Å². The Labute approximate surface area is 151 Å². The van der Waals surface area contributed by atoms with Crippen molar-refractivity contribution in [2.24, 2.45) is 0 Å². The second-order valence-corrected chi connectivity index (χ2v) is 14.0. The SMILES string of the molecule is CCCC[C](CCCC)(CCCC)[Sn][c]1sccc1SC. The van der Waals surface area contributed by atoms with Crippen molar-refractivity contribution in [3.8, 4) is 0 Å². The van der Waals surface area contributed by atoms with E-state index in [2.05, 4.69) is 49.8 Å². The molecule has 0 nitrogen and oxygen atoms in total. The average molecular weight is 431 g/mol. The van der Waals surface area contributed by atoms with Crippen LogP contribution in [-0.4, -0.2) is 27.4 Å². The molecular weight excluding hydrogens is 399 g/mol. The van der Waals surface area contributed by atoms with Crippen LogP contribution in [0.15, 0.2) is 16.3 Å². The minimum atomic E-state index is -0.498. The first-order valence-corrected chi connectivity index (χ1v) is 13.6. The maximum atomic E-state index is 2.36. The Balaban J connectivity index is 2.89. The Morgan fingerprint density at radius 2 is 1.52 bits per heavy atom. The first-order valence-electron chi connectivity index (χ1n) is 8.61. The third kappa shape index (κ3) is 6.86. The first kappa shape index (κ1) is 19.9. The van der Waals surface area contributed by atoms with E-state index in [1.54, 1.807) is 4.90 Å². The van der Waals surface area contributed by atoms with Crippen LogP contribution < -0.4 is 2.89 Å². The normalized spacial score (nSPS) is 12.0. The van der Waals surface area contributed by atoms with Crippen molar-refractivity contribution in [2.75, 3.05) is 6.26 Å². The van der Waals surface area contributed by atoms with Crippen LogP contribution in [0.4, 0.5) is 0 Å². The molecule has 0 N–H and O–H groups in total. The Morgan fingerprint density at radius 1 is 1.00 bits per heavy atom. The van der Waals surface area contributed by atoms with Gasteiger partial charge in [0.05, 0.1) is 0 Å². The van der Waals surface area contributed by atoms with Crippen molar-refractivity contribution in [2.45, 2.75) is 86.9 Å². The van der Waals surface area contributed by atoms with Crippen LogP contribution in [0.5, 0.6) is 0 Å². The summed E-state index contributed by atoms with van der Waals surface area (Å²) in [5.41, 5.74) is 0. The molecule has 120 valence electrons. The molecule has 0 saturated carbocycles. The zero-order chi connectivity index (χ0) is 15.6. The molecule has 0 unspecified atom stereocenters. The van der Waals surface area contributed by atoms with Crippen LogP contribution in [-0.2, 0) is 0 Å². The van der Waals surface area contributed by atoms with Gasteiger partial charge in [-0.3, -0.25) is 0 Å². The van der Waals surface area contributed by atoms with Gasteiger partial charge in [-0.05, 0) is 0 Å². The average Bonchev–Trinajstić information content (AvgIpc) is 2.95. The number of hydrogen-bond acceptors (Lipinski definition) is 2. The predicted octanol–water partition coefficient (Wildman–Crippen LogP) is 6.53. The van der Waals surface area contributed by atoms with Crippen molar-refractivity contribution in [1.82, 2.24) is 0 Å². The molecule has 0 aliphatic rings. The molecule has 0 spiro atoms. The van der Waals surface area contributed by atoms with Gasteiger partial charge in [-0.25, -0.2) is 0 Å².